The van der Waals surface area contributed by atoms with E-state index in [-0.39, 0.29) is 11.1 Å². The van der Waals surface area contributed by atoms with E-state index >= 15 is 0 Å². The minimum Gasteiger partial charge on any atom is -0.489 e. The number of ether oxygens (including phenoxy) is 1. The molecule has 0 atom stereocenters. The maximum atomic E-state index is 12.3. The standard InChI is InChI=1S/C17H13N5O2/c23-17-15-16(20-8-7-19-15)21-11-22(17)9-10-24-13-5-1-3-12-4-2-6-18-14(12)13/h1-8,11H,9-10H2. The summed E-state index contributed by atoms with van der Waals surface area (Å²) in [5, 5.41) is 1.01. The largest absolute Gasteiger partial charge is 0.489 e. The van der Waals surface area contributed by atoms with Crippen molar-refractivity contribution in [1.82, 2.24) is 24.5 Å². The quantitative estimate of drug-likeness (QED) is 0.570. The Bertz CT molecular complexity index is 1070. The lowest BCUT2D eigenvalue weighted by Gasteiger charge is -2.10. The summed E-state index contributed by atoms with van der Waals surface area (Å²) in [5.41, 5.74) is 1.17. The van der Waals surface area contributed by atoms with E-state index in [1.807, 2.05) is 30.3 Å². The number of nitrogens with zero attached hydrogens (tertiary/aromatic N) is 5. The molecule has 0 aliphatic rings. The molecule has 1 aromatic carbocycles. The van der Waals surface area contributed by atoms with E-state index in [0.717, 1.165) is 10.9 Å². The Morgan fingerprint density at radius 1 is 0.917 bits per heavy atom. The average Bonchev–Trinajstić information content (AvgIpc) is 2.64. The zero-order chi connectivity index (χ0) is 16.4. The third-order valence-electron chi connectivity index (χ3n) is 3.65. The van der Waals surface area contributed by atoms with E-state index in [9.17, 15) is 4.79 Å². The van der Waals surface area contributed by atoms with Gasteiger partial charge in [0, 0.05) is 24.0 Å². The van der Waals surface area contributed by atoms with Gasteiger partial charge < -0.3 is 4.74 Å². The van der Waals surface area contributed by atoms with Gasteiger partial charge in [-0.2, -0.15) is 0 Å². The van der Waals surface area contributed by atoms with Crippen molar-refractivity contribution in [3.05, 3.63) is 65.6 Å². The van der Waals surface area contributed by atoms with Crippen LogP contribution in [-0.4, -0.2) is 31.1 Å². The SMILES string of the molecule is O=c1c2nccnc2ncn1CCOc1cccc2cccnc12. The van der Waals surface area contributed by atoms with Crippen molar-refractivity contribution >= 4 is 22.1 Å². The van der Waals surface area contributed by atoms with Crippen molar-refractivity contribution in [2.45, 2.75) is 6.54 Å². The van der Waals surface area contributed by atoms with Crippen LogP contribution in [0.15, 0.2) is 60.0 Å². The Labute approximate surface area is 136 Å². The van der Waals surface area contributed by atoms with Crippen LogP contribution in [-0.2, 0) is 6.54 Å². The Morgan fingerprint density at radius 3 is 2.71 bits per heavy atom. The number of para-hydroxylation sites is 1. The third-order valence-corrected chi connectivity index (χ3v) is 3.65. The molecule has 0 saturated heterocycles. The van der Waals surface area contributed by atoms with E-state index < -0.39 is 0 Å². The first-order valence-electron chi connectivity index (χ1n) is 7.45. The Morgan fingerprint density at radius 2 is 1.75 bits per heavy atom. The zero-order valence-electron chi connectivity index (χ0n) is 12.7. The topological polar surface area (TPSA) is 82.8 Å². The van der Waals surface area contributed by atoms with Crippen molar-refractivity contribution in [3.63, 3.8) is 0 Å². The molecule has 0 unspecified atom stereocenters. The van der Waals surface area contributed by atoms with Crippen LogP contribution in [0, 0.1) is 0 Å². The number of pyridine rings is 1. The molecule has 4 rings (SSSR count). The summed E-state index contributed by atoms with van der Waals surface area (Å²) in [6, 6.07) is 9.62. The second kappa shape index (κ2) is 6.04. The first kappa shape index (κ1) is 14.3. The first-order valence-corrected chi connectivity index (χ1v) is 7.45. The van der Waals surface area contributed by atoms with Crippen LogP contribution in [0.5, 0.6) is 5.75 Å². The number of hydrogen-bond acceptors (Lipinski definition) is 6. The minimum absolute atomic E-state index is 0.229. The predicted octanol–water partition coefficient (Wildman–Crippen LogP) is 1.81. The molecule has 0 saturated carbocycles. The molecule has 0 bridgehead atoms. The number of aromatic nitrogens is 5. The summed E-state index contributed by atoms with van der Waals surface area (Å²) in [4.78, 5) is 28.9. The highest BCUT2D eigenvalue weighted by molar-refractivity contribution is 5.84. The summed E-state index contributed by atoms with van der Waals surface area (Å²) in [7, 11) is 0. The molecule has 3 aromatic heterocycles. The highest BCUT2D eigenvalue weighted by Crippen LogP contribution is 2.22. The van der Waals surface area contributed by atoms with Crippen LogP contribution in [0.4, 0.5) is 0 Å². The lowest BCUT2D eigenvalue weighted by Crippen LogP contribution is -2.24. The second-order valence-corrected chi connectivity index (χ2v) is 5.15. The molecule has 0 fully saturated rings. The summed E-state index contributed by atoms with van der Waals surface area (Å²) in [5.74, 6) is 0.690. The predicted molar refractivity (Wildman–Crippen MR) is 88.8 cm³/mol. The van der Waals surface area contributed by atoms with Crippen molar-refractivity contribution in [1.29, 1.82) is 0 Å². The average molecular weight is 319 g/mol. The highest BCUT2D eigenvalue weighted by Gasteiger charge is 2.07. The van der Waals surface area contributed by atoms with Gasteiger partial charge in [-0.05, 0) is 12.1 Å². The third kappa shape index (κ3) is 2.56. The second-order valence-electron chi connectivity index (χ2n) is 5.15. The van der Waals surface area contributed by atoms with Crippen LogP contribution < -0.4 is 10.3 Å². The van der Waals surface area contributed by atoms with Gasteiger partial charge in [0.05, 0.1) is 6.54 Å². The van der Waals surface area contributed by atoms with Crippen LogP contribution >= 0.6 is 0 Å². The smallest absolute Gasteiger partial charge is 0.281 e. The molecule has 118 valence electrons. The molecule has 0 amide bonds. The van der Waals surface area contributed by atoms with Gasteiger partial charge in [0.25, 0.3) is 5.56 Å². The molecule has 24 heavy (non-hydrogen) atoms. The van der Waals surface area contributed by atoms with Gasteiger partial charge in [0.15, 0.2) is 11.2 Å². The van der Waals surface area contributed by atoms with Gasteiger partial charge in [0.1, 0.15) is 24.2 Å². The number of fused-ring (bicyclic) bond motifs is 2. The van der Waals surface area contributed by atoms with Crippen LogP contribution in [0.3, 0.4) is 0 Å². The zero-order valence-corrected chi connectivity index (χ0v) is 12.7. The summed E-state index contributed by atoms with van der Waals surface area (Å²) in [6.07, 6.45) is 6.18. The highest BCUT2D eigenvalue weighted by atomic mass is 16.5. The number of rotatable bonds is 4. The molecule has 7 heteroatoms. The van der Waals surface area contributed by atoms with Crippen molar-refractivity contribution in [2.24, 2.45) is 0 Å². The van der Waals surface area contributed by atoms with E-state index in [1.54, 1.807) is 6.20 Å². The van der Waals surface area contributed by atoms with E-state index in [2.05, 4.69) is 19.9 Å². The van der Waals surface area contributed by atoms with Crippen LogP contribution in [0.2, 0.25) is 0 Å². The molecule has 0 spiro atoms. The summed E-state index contributed by atoms with van der Waals surface area (Å²) in [6.45, 7) is 0.685. The monoisotopic (exact) mass is 319 g/mol. The molecule has 0 aliphatic carbocycles. The van der Waals surface area contributed by atoms with Crippen molar-refractivity contribution < 1.29 is 4.74 Å². The van der Waals surface area contributed by atoms with Gasteiger partial charge in [-0.1, -0.05) is 18.2 Å². The molecular weight excluding hydrogens is 306 g/mol. The molecule has 4 aromatic rings. The summed E-state index contributed by atoms with van der Waals surface area (Å²) < 4.78 is 7.27. The molecule has 0 aliphatic heterocycles. The van der Waals surface area contributed by atoms with Crippen molar-refractivity contribution in [2.75, 3.05) is 6.61 Å². The lowest BCUT2D eigenvalue weighted by molar-refractivity contribution is 0.298. The Kier molecular flexibility index (Phi) is 3.59. The van der Waals surface area contributed by atoms with Gasteiger partial charge in [0.2, 0.25) is 0 Å². The normalized spacial score (nSPS) is 11.0. The van der Waals surface area contributed by atoms with E-state index in [1.165, 1.54) is 23.3 Å². The fourth-order valence-corrected chi connectivity index (χ4v) is 2.49. The molecule has 3 heterocycles. The Hall–Kier alpha value is -3.35. The molecule has 0 N–H and O–H groups in total. The van der Waals surface area contributed by atoms with Crippen LogP contribution in [0.25, 0.3) is 22.1 Å². The minimum atomic E-state index is -0.229. The fraction of sp³-hybridized carbons (Fsp3) is 0.118. The van der Waals surface area contributed by atoms with Gasteiger partial charge in [-0.15, -0.1) is 0 Å². The summed E-state index contributed by atoms with van der Waals surface area (Å²) >= 11 is 0. The van der Waals surface area contributed by atoms with Gasteiger partial charge in [-0.3, -0.25) is 14.3 Å². The van der Waals surface area contributed by atoms with Gasteiger partial charge >= 0.3 is 0 Å². The molecule has 0 radical (unpaired) electrons. The van der Waals surface area contributed by atoms with E-state index in [0.29, 0.717) is 24.5 Å². The van der Waals surface area contributed by atoms with E-state index in [4.69, 9.17) is 4.74 Å². The lowest BCUT2D eigenvalue weighted by atomic mass is 10.2. The maximum Gasteiger partial charge on any atom is 0.281 e. The maximum absolute atomic E-state index is 12.3. The Balaban J connectivity index is 1.55. The van der Waals surface area contributed by atoms with Gasteiger partial charge in [-0.25, -0.2) is 15.0 Å². The molecular formula is C17H13N5O2. The molecule has 7 nitrogen and oxygen atoms in total. The first-order chi connectivity index (χ1) is 11.8. The number of benzene rings is 1. The van der Waals surface area contributed by atoms with Crippen LogP contribution in [0.1, 0.15) is 0 Å². The number of hydrogen-bond donors (Lipinski definition) is 0. The fourth-order valence-electron chi connectivity index (χ4n) is 2.49. The van der Waals surface area contributed by atoms with Crippen molar-refractivity contribution in [3.8, 4) is 5.75 Å².